The van der Waals surface area contributed by atoms with E-state index in [4.69, 9.17) is 27.9 Å². The maximum Gasteiger partial charge on any atom is 0.387 e. The van der Waals surface area contributed by atoms with E-state index in [-0.39, 0.29) is 33.1 Å². The van der Waals surface area contributed by atoms with E-state index in [0.717, 1.165) is 0 Å². The molecule has 23 heavy (non-hydrogen) atoms. The first-order valence-electron chi connectivity index (χ1n) is 6.17. The minimum atomic E-state index is -3.03. The molecule has 0 spiro atoms. The first-order valence-corrected chi connectivity index (χ1v) is 6.92. The van der Waals surface area contributed by atoms with Crippen molar-refractivity contribution in [3.8, 4) is 11.5 Å². The number of carbonyl (C=O) groups is 1. The number of nitrogens with one attached hydrogen (secondary N) is 1. The number of anilines is 1. The van der Waals surface area contributed by atoms with Crippen molar-refractivity contribution < 1.29 is 23.0 Å². The van der Waals surface area contributed by atoms with E-state index in [0.29, 0.717) is 0 Å². The molecule has 1 aromatic carbocycles. The summed E-state index contributed by atoms with van der Waals surface area (Å²) in [5.74, 6) is -0.765. The van der Waals surface area contributed by atoms with Crippen molar-refractivity contribution in [1.82, 2.24) is 4.98 Å². The second-order valence-corrected chi connectivity index (χ2v) is 4.96. The molecule has 2 rings (SSSR count). The standard InChI is InChI=1S/C14H10Cl2F2N2O3/c1-22-9-4-2-7(6-10(9)23-14(17)18)19-13(21)12-8(15)3-5-11(16)20-12/h2-6,14H,1H3,(H,19,21). The summed E-state index contributed by atoms with van der Waals surface area (Å²) in [5.41, 5.74) is 0.107. The second kappa shape index (κ2) is 7.43. The molecule has 0 aliphatic heterocycles. The average molecular weight is 363 g/mol. The molecule has 122 valence electrons. The van der Waals surface area contributed by atoms with E-state index in [1.54, 1.807) is 0 Å². The molecule has 0 fully saturated rings. The molecule has 0 unspecified atom stereocenters. The number of methoxy groups -OCH3 is 1. The number of amides is 1. The van der Waals surface area contributed by atoms with Gasteiger partial charge in [0.25, 0.3) is 5.91 Å². The molecule has 0 aliphatic rings. The number of ether oxygens (including phenoxy) is 2. The minimum absolute atomic E-state index is 0.0914. The maximum atomic E-state index is 12.4. The Morgan fingerprint density at radius 1 is 1.22 bits per heavy atom. The predicted octanol–water partition coefficient (Wildman–Crippen LogP) is 4.25. The molecule has 0 radical (unpaired) electrons. The Balaban J connectivity index is 2.25. The number of nitrogens with zero attached hydrogens (tertiary/aromatic N) is 1. The number of hydrogen-bond acceptors (Lipinski definition) is 4. The Labute approximate surface area is 140 Å². The summed E-state index contributed by atoms with van der Waals surface area (Å²) >= 11 is 11.6. The molecule has 1 amide bonds. The van der Waals surface area contributed by atoms with Gasteiger partial charge >= 0.3 is 6.61 Å². The van der Waals surface area contributed by atoms with Gasteiger partial charge in [-0.05, 0) is 24.3 Å². The van der Waals surface area contributed by atoms with Gasteiger partial charge in [-0.2, -0.15) is 8.78 Å². The van der Waals surface area contributed by atoms with Gasteiger partial charge < -0.3 is 14.8 Å². The van der Waals surface area contributed by atoms with Crippen LogP contribution in [0.2, 0.25) is 10.2 Å². The van der Waals surface area contributed by atoms with E-state index in [1.807, 2.05) is 0 Å². The SMILES string of the molecule is COc1ccc(NC(=O)c2nc(Cl)ccc2Cl)cc1OC(F)F. The fourth-order valence-electron chi connectivity index (χ4n) is 1.71. The average Bonchev–Trinajstić information content (AvgIpc) is 2.49. The zero-order valence-corrected chi connectivity index (χ0v) is 13.2. The molecular formula is C14H10Cl2F2N2O3. The molecule has 0 aliphatic carbocycles. The lowest BCUT2D eigenvalue weighted by atomic mass is 10.2. The van der Waals surface area contributed by atoms with Gasteiger partial charge in [-0.1, -0.05) is 23.2 Å². The van der Waals surface area contributed by atoms with Crippen LogP contribution in [0, 0.1) is 0 Å². The summed E-state index contributed by atoms with van der Waals surface area (Å²) in [5, 5.41) is 2.66. The number of pyridine rings is 1. The molecule has 2 aromatic rings. The molecule has 1 N–H and O–H groups in total. The quantitative estimate of drug-likeness (QED) is 0.807. The van der Waals surface area contributed by atoms with Crippen LogP contribution in [0.25, 0.3) is 0 Å². The first-order chi connectivity index (χ1) is 10.9. The third-order valence-corrected chi connectivity index (χ3v) is 3.18. The van der Waals surface area contributed by atoms with E-state index in [1.165, 1.54) is 37.4 Å². The Bertz CT molecular complexity index is 729. The Kier molecular flexibility index (Phi) is 5.57. The van der Waals surface area contributed by atoms with Crippen LogP contribution in [-0.4, -0.2) is 24.6 Å². The van der Waals surface area contributed by atoms with Crippen LogP contribution in [-0.2, 0) is 0 Å². The lowest BCUT2D eigenvalue weighted by Crippen LogP contribution is -2.14. The van der Waals surface area contributed by atoms with Crippen LogP contribution in [0.1, 0.15) is 10.5 Å². The van der Waals surface area contributed by atoms with Crippen LogP contribution < -0.4 is 14.8 Å². The van der Waals surface area contributed by atoms with Crippen molar-refractivity contribution in [1.29, 1.82) is 0 Å². The zero-order valence-electron chi connectivity index (χ0n) is 11.6. The normalized spacial score (nSPS) is 10.5. The molecule has 9 heteroatoms. The van der Waals surface area contributed by atoms with Crippen LogP contribution in [0.5, 0.6) is 11.5 Å². The maximum absolute atomic E-state index is 12.4. The Morgan fingerprint density at radius 3 is 2.61 bits per heavy atom. The van der Waals surface area contributed by atoms with Gasteiger partial charge in [-0.25, -0.2) is 4.98 Å². The minimum Gasteiger partial charge on any atom is -0.493 e. The van der Waals surface area contributed by atoms with Crippen molar-refractivity contribution >= 4 is 34.8 Å². The molecule has 1 aromatic heterocycles. The van der Waals surface area contributed by atoms with Gasteiger partial charge in [0.05, 0.1) is 12.1 Å². The van der Waals surface area contributed by atoms with Gasteiger partial charge in [0, 0.05) is 11.8 Å². The van der Waals surface area contributed by atoms with Crippen molar-refractivity contribution in [3.63, 3.8) is 0 Å². The van der Waals surface area contributed by atoms with Crippen LogP contribution in [0.3, 0.4) is 0 Å². The topological polar surface area (TPSA) is 60.5 Å². The molecule has 0 saturated carbocycles. The fourth-order valence-corrected chi connectivity index (χ4v) is 2.05. The lowest BCUT2D eigenvalue weighted by molar-refractivity contribution is -0.0511. The monoisotopic (exact) mass is 362 g/mol. The van der Waals surface area contributed by atoms with E-state index < -0.39 is 12.5 Å². The number of rotatable bonds is 5. The number of hydrogen-bond donors (Lipinski definition) is 1. The van der Waals surface area contributed by atoms with Gasteiger partial charge in [-0.15, -0.1) is 0 Å². The number of benzene rings is 1. The van der Waals surface area contributed by atoms with Crippen LogP contribution in [0.4, 0.5) is 14.5 Å². The Hall–Kier alpha value is -2.12. The molecule has 0 atom stereocenters. The smallest absolute Gasteiger partial charge is 0.387 e. The highest BCUT2D eigenvalue weighted by molar-refractivity contribution is 6.35. The van der Waals surface area contributed by atoms with E-state index in [2.05, 4.69) is 15.0 Å². The summed E-state index contributed by atoms with van der Waals surface area (Å²) in [6.45, 7) is -3.03. The number of alkyl halides is 2. The summed E-state index contributed by atoms with van der Waals surface area (Å²) in [6.07, 6.45) is 0. The number of halogens is 4. The molecular weight excluding hydrogens is 353 g/mol. The van der Waals surface area contributed by atoms with Gasteiger partial charge in [0.15, 0.2) is 11.5 Å². The number of aromatic nitrogens is 1. The van der Waals surface area contributed by atoms with Crippen molar-refractivity contribution in [3.05, 3.63) is 46.2 Å². The third-order valence-electron chi connectivity index (χ3n) is 2.66. The van der Waals surface area contributed by atoms with E-state index >= 15 is 0 Å². The second-order valence-electron chi connectivity index (χ2n) is 4.16. The highest BCUT2D eigenvalue weighted by Crippen LogP contribution is 2.31. The zero-order chi connectivity index (χ0) is 17.0. The summed E-state index contributed by atoms with van der Waals surface area (Å²) < 4.78 is 34.0. The van der Waals surface area contributed by atoms with Crippen molar-refractivity contribution in [2.24, 2.45) is 0 Å². The van der Waals surface area contributed by atoms with Crippen LogP contribution >= 0.6 is 23.2 Å². The summed E-state index contributed by atoms with van der Waals surface area (Å²) in [6, 6.07) is 6.88. The summed E-state index contributed by atoms with van der Waals surface area (Å²) in [4.78, 5) is 16.0. The molecule has 1 heterocycles. The summed E-state index contributed by atoms with van der Waals surface area (Å²) in [7, 11) is 1.31. The molecule has 0 bridgehead atoms. The highest BCUT2D eigenvalue weighted by Gasteiger charge is 2.16. The molecule has 0 saturated heterocycles. The van der Waals surface area contributed by atoms with Crippen molar-refractivity contribution in [2.45, 2.75) is 6.61 Å². The lowest BCUT2D eigenvalue weighted by Gasteiger charge is -2.12. The number of carbonyl (C=O) groups excluding carboxylic acids is 1. The van der Waals surface area contributed by atoms with Gasteiger partial charge in [0.1, 0.15) is 10.8 Å². The van der Waals surface area contributed by atoms with E-state index in [9.17, 15) is 13.6 Å². The highest BCUT2D eigenvalue weighted by atomic mass is 35.5. The van der Waals surface area contributed by atoms with Gasteiger partial charge in [-0.3, -0.25) is 4.79 Å². The molecule has 5 nitrogen and oxygen atoms in total. The largest absolute Gasteiger partial charge is 0.493 e. The Morgan fingerprint density at radius 2 is 1.96 bits per heavy atom. The van der Waals surface area contributed by atoms with Crippen molar-refractivity contribution in [2.75, 3.05) is 12.4 Å². The van der Waals surface area contributed by atoms with Crippen LogP contribution in [0.15, 0.2) is 30.3 Å². The predicted molar refractivity (Wildman–Crippen MR) is 81.8 cm³/mol. The fraction of sp³-hybridized carbons (Fsp3) is 0.143. The third kappa shape index (κ3) is 4.43. The van der Waals surface area contributed by atoms with Gasteiger partial charge in [0.2, 0.25) is 0 Å². The first kappa shape index (κ1) is 17.2.